The molecular weight excluding hydrogens is 611 g/mol. The Morgan fingerprint density at radius 1 is 0.460 bits per heavy atom. The molecule has 0 fully saturated rings. The van der Waals surface area contributed by atoms with E-state index >= 15 is 0 Å². The third kappa shape index (κ3) is 3.11. The van der Waals surface area contributed by atoms with Gasteiger partial charge < -0.3 is 13.7 Å². The van der Waals surface area contributed by atoms with Crippen molar-refractivity contribution in [2.75, 3.05) is 0 Å². The van der Waals surface area contributed by atoms with Gasteiger partial charge in [0.1, 0.15) is 16.9 Å². The monoisotopic (exact) mass is 637 g/mol. The number of fused-ring (bicyclic) bond motifs is 18. The summed E-state index contributed by atoms with van der Waals surface area (Å²) in [6.07, 6.45) is 0. The summed E-state index contributed by atoms with van der Waals surface area (Å²) in [5, 5.41) is 7.05. The predicted molar refractivity (Wildman–Crippen MR) is 203 cm³/mol. The predicted octanol–water partition coefficient (Wildman–Crippen LogP) is 12.3. The smallest absolute Gasteiger partial charge is 0.156 e. The second kappa shape index (κ2) is 9.31. The highest BCUT2D eigenvalue weighted by atomic mass is 16.5. The van der Waals surface area contributed by atoms with Gasteiger partial charge in [-0.1, -0.05) is 127 Å². The van der Waals surface area contributed by atoms with Crippen molar-refractivity contribution < 1.29 is 9.15 Å². The highest BCUT2D eigenvalue weighted by Gasteiger charge is 2.51. The molecule has 0 bridgehead atoms. The number of hydrogen-bond donors (Lipinski definition) is 0. The molecule has 0 saturated carbocycles. The lowest BCUT2D eigenvalue weighted by Crippen LogP contribution is -2.32. The topological polar surface area (TPSA) is 27.3 Å². The summed E-state index contributed by atoms with van der Waals surface area (Å²) in [5.41, 5.74) is 12.0. The number of furan rings is 1. The molecule has 10 aromatic rings. The molecule has 0 saturated heterocycles. The van der Waals surface area contributed by atoms with Crippen LogP contribution in [0, 0.1) is 0 Å². The third-order valence-corrected chi connectivity index (χ3v) is 11.3. The molecule has 12 rings (SSSR count). The quantitative estimate of drug-likeness (QED) is 0.179. The molecule has 50 heavy (non-hydrogen) atoms. The van der Waals surface area contributed by atoms with Crippen molar-refractivity contribution in [3.8, 4) is 28.3 Å². The number of benzene rings is 8. The number of hydrogen-bond acceptors (Lipinski definition) is 2. The lowest BCUT2D eigenvalue weighted by molar-refractivity contribution is 0.440. The Morgan fingerprint density at radius 3 is 1.98 bits per heavy atom. The van der Waals surface area contributed by atoms with E-state index < -0.39 is 5.41 Å². The molecule has 2 aromatic heterocycles. The molecule has 3 heteroatoms. The Balaban J connectivity index is 1.28. The van der Waals surface area contributed by atoms with Gasteiger partial charge in [-0.2, -0.15) is 0 Å². The van der Waals surface area contributed by atoms with Crippen LogP contribution in [0.5, 0.6) is 11.5 Å². The van der Waals surface area contributed by atoms with Crippen LogP contribution in [0.3, 0.4) is 0 Å². The average molecular weight is 638 g/mol. The first-order valence-corrected chi connectivity index (χ1v) is 17.2. The summed E-state index contributed by atoms with van der Waals surface area (Å²) in [6.45, 7) is 0. The zero-order chi connectivity index (χ0) is 32.6. The number of rotatable bonds is 1. The Morgan fingerprint density at radius 2 is 1.14 bits per heavy atom. The Labute approximate surface area is 287 Å². The molecule has 0 N–H and O–H groups in total. The summed E-state index contributed by atoms with van der Waals surface area (Å²) in [6, 6.07) is 59.2. The molecule has 3 heterocycles. The van der Waals surface area contributed by atoms with E-state index in [0.29, 0.717) is 0 Å². The Kier molecular flexibility index (Phi) is 4.91. The van der Waals surface area contributed by atoms with Crippen LogP contribution in [0.1, 0.15) is 22.3 Å². The Bertz CT molecular complexity index is 3040. The highest BCUT2D eigenvalue weighted by Crippen LogP contribution is 2.63. The molecule has 8 aromatic carbocycles. The first-order chi connectivity index (χ1) is 24.8. The Hall–Kier alpha value is -6.58. The van der Waals surface area contributed by atoms with Crippen molar-refractivity contribution >= 4 is 54.5 Å². The first-order valence-electron chi connectivity index (χ1n) is 17.2. The minimum atomic E-state index is -0.542. The van der Waals surface area contributed by atoms with Gasteiger partial charge in [-0.15, -0.1) is 0 Å². The van der Waals surface area contributed by atoms with E-state index in [1.54, 1.807) is 0 Å². The fourth-order valence-electron chi connectivity index (χ4n) is 9.30. The van der Waals surface area contributed by atoms with Crippen LogP contribution in [-0.4, -0.2) is 4.57 Å². The van der Waals surface area contributed by atoms with Crippen LogP contribution in [0.15, 0.2) is 168 Å². The van der Waals surface area contributed by atoms with E-state index in [1.807, 2.05) is 12.1 Å². The molecule has 1 aliphatic carbocycles. The van der Waals surface area contributed by atoms with E-state index in [0.717, 1.165) is 55.7 Å². The maximum Gasteiger partial charge on any atom is 0.156 e. The van der Waals surface area contributed by atoms with Crippen LogP contribution >= 0.6 is 0 Å². The van der Waals surface area contributed by atoms with Gasteiger partial charge in [0.25, 0.3) is 0 Å². The molecule has 0 unspecified atom stereocenters. The van der Waals surface area contributed by atoms with E-state index in [1.165, 1.54) is 49.4 Å². The fraction of sp³-hybridized carbons (Fsp3) is 0.0213. The van der Waals surface area contributed by atoms with Gasteiger partial charge in [0.2, 0.25) is 0 Å². The maximum absolute atomic E-state index is 7.21. The molecule has 1 spiro atoms. The van der Waals surface area contributed by atoms with Gasteiger partial charge in [0, 0.05) is 38.4 Å². The van der Waals surface area contributed by atoms with Crippen molar-refractivity contribution in [2.45, 2.75) is 5.41 Å². The summed E-state index contributed by atoms with van der Waals surface area (Å²) in [5.74, 6) is 1.78. The lowest BCUT2D eigenvalue weighted by atomic mass is 9.66. The van der Waals surface area contributed by atoms with E-state index in [4.69, 9.17) is 9.15 Å². The number of para-hydroxylation sites is 2. The third-order valence-electron chi connectivity index (χ3n) is 11.3. The van der Waals surface area contributed by atoms with Crippen LogP contribution in [-0.2, 0) is 5.41 Å². The maximum atomic E-state index is 7.21. The van der Waals surface area contributed by atoms with Gasteiger partial charge in [0.15, 0.2) is 5.75 Å². The zero-order valence-corrected chi connectivity index (χ0v) is 26.9. The molecule has 232 valence electrons. The standard InChI is InChI=1S/C47H27NO2/c1-2-12-30-28(11-1)21-25-40-44(30)34-23-24-39-46(45(34)48(40)29-22-26-42-35(27-29)33-15-5-9-19-41(33)49-42)50-43-20-10-8-18-38(43)47(39)36-16-6-3-13-31(36)32-14-4-7-17-37(32)47/h1-27H. The molecule has 0 amide bonds. The van der Waals surface area contributed by atoms with Crippen molar-refractivity contribution in [3.05, 3.63) is 186 Å². The number of ether oxygens (including phenoxy) is 1. The lowest BCUT2D eigenvalue weighted by Gasteiger charge is -2.39. The van der Waals surface area contributed by atoms with Crippen molar-refractivity contribution in [1.29, 1.82) is 0 Å². The SMILES string of the molecule is c1ccc2c(c1)Oc1c(ccc3c4c5ccccc5ccc4n(-c4ccc5oc6ccccc6c5c4)c13)C21c2ccccc2-c2ccccc21. The summed E-state index contributed by atoms with van der Waals surface area (Å²) in [7, 11) is 0. The normalized spacial score (nSPS) is 13.9. The minimum absolute atomic E-state index is 0.542. The number of aromatic nitrogens is 1. The highest BCUT2D eigenvalue weighted by molar-refractivity contribution is 6.23. The van der Waals surface area contributed by atoms with Gasteiger partial charge in [-0.05, 0) is 69.4 Å². The summed E-state index contributed by atoms with van der Waals surface area (Å²) >= 11 is 0. The van der Waals surface area contributed by atoms with Crippen molar-refractivity contribution in [2.24, 2.45) is 0 Å². The molecule has 2 aliphatic rings. The molecule has 3 nitrogen and oxygen atoms in total. The zero-order valence-electron chi connectivity index (χ0n) is 26.9. The van der Waals surface area contributed by atoms with Gasteiger partial charge in [0.05, 0.1) is 16.4 Å². The summed E-state index contributed by atoms with van der Waals surface area (Å²) in [4.78, 5) is 0. The van der Waals surface area contributed by atoms with Crippen LogP contribution in [0.2, 0.25) is 0 Å². The van der Waals surface area contributed by atoms with E-state index in [9.17, 15) is 0 Å². The van der Waals surface area contributed by atoms with Crippen molar-refractivity contribution in [3.63, 3.8) is 0 Å². The molecule has 1 aliphatic heterocycles. The van der Waals surface area contributed by atoms with Crippen LogP contribution < -0.4 is 4.74 Å². The van der Waals surface area contributed by atoms with Crippen molar-refractivity contribution in [1.82, 2.24) is 4.57 Å². The minimum Gasteiger partial charge on any atom is -0.456 e. The molecule has 0 radical (unpaired) electrons. The van der Waals surface area contributed by atoms with Gasteiger partial charge in [-0.3, -0.25) is 0 Å². The second-order valence-electron chi connectivity index (χ2n) is 13.6. The summed E-state index contributed by atoms with van der Waals surface area (Å²) < 4.78 is 15.9. The van der Waals surface area contributed by atoms with E-state index in [2.05, 4.69) is 156 Å². The number of nitrogens with zero attached hydrogens (tertiary/aromatic N) is 1. The largest absolute Gasteiger partial charge is 0.456 e. The van der Waals surface area contributed by atoms with Crippen LogP contribution in [0.4, 0.5) is 0 Å². The molecular formula is C47H27NO2. The fourth-order valence-corrected chi connectivity index (χ4v) is 9.30. The van der Waals surface area contributed by atoms with E-state index in [-0.39, 0.29) is 0 Å². The first kappa shape index (κ1) is 26.4. The second-order valence-corrected chi connectivity index (χ2v) is 13.6. The van der Waals surface area contributed by atoms with Crippen LogP contribution in [0.25, 0.3) is 71.3 Å². The molecule has 0 atom stereocenters. The van der Waals surface area contributed by atoms with Gasteiger partial charge in [-0.25, -0.2) is 0 Å². The average Bonchev–Trinajstić information content (AvgIpc) is 3.82. The van der Waals surface area contributed by atoms with Gasteiger partial charge >= 0.3 is 0 Å².